The van der Waals surface area contributed by atoms with Crippen LogP contribution in [0.5, 0.6) is 5.75 Å². The first kappa shape index (κ1) is 40.9. The summed E-state index contributed by atoms with van der Waals surface area (Å²) in [6.07, 6.45) is 9.34. The van der Waals surface area contributed by atoms with Crippen LogP contribution in [-0.2, 0) is 33.7 Å². The summed E-state index contributed by atoms with van der Waals surface area (Å²) in [5.41, 5.74) is 0.307. The fourth-order valence-corrected chi connectivity index (χ4v) is 7.68. The Hall–Kier alpha value is -4.24. The maximum absolute atomic E-state index is 13.5. The van der Waals surface area contributed by atoms with Gasteiger partial charge in [-0.05, 0) is 83.1 Å². The summed E-state index contributed by atoms with van der Waals surface area (Å²) in [5.74, 6) is 1.21. The van der Waals surface area contributed by atoms with E-state index < -0.39 is 27.4 Å². The highest BCUT2D eigenvalue weighted by molar-refractivity contribution is 7.90. The summed E-state index contributed by atoms with van der Waals surface area (Å²) in [7, 11) is -3.04. The number of fused-ring (bicyclic) bond motifs is 1. The number of carbonyl (C=O) groups excluding carboxylic acids is 3. The number of carbonyl (C=O) groups is 3. The normalized spacial score (nSPS) is 19.1. The minimum absolute atomic E-state index is 0.0502. The number of hydrogen-bond acceptors (Lipinski definition) is 12. The van der Waals surface area contributed by atoms with Crippen molar-refractivity contribution in [2.24, 2.45) is 11.8 Å². The molecule has 1 amide bonds. The Morgan fingerprint density at radius 2 is 1.72 bits per heavy atom. The lowest BCUT2D eigenvalue weighted by molar-refractivity contribution is -0.157. The molecule has 0 bridgehead atoms. The molecule has 2 aromatic heterocycles. The number of likely N-dealkylation sites (tertiary alicyclic amines) is 1. The Kier molecular flexibility index (Phi) is 13.6. The molecule has 1 aliphatic heterocycles. The van der Waals surface area contributed by atoms with Gasteiger partial charge in [0.2, 0.25) is 11.9 Å². The number of aromatic nitrogens is 3. The van der Waals surface area contributed by atoms with E-state index >= 15 is 0 Å². The lowest BCUT2D eigenvalue weighted by Crippen LogP contribution is -2.48. The van der Waals surface area contributed by atoms with E-state index in [4.69, 9.17) is 19.2 Å². The molecular formula is C39H56N6O8S. The van der Waals surface area contributed by atoms with Gasteiger partial charge >= 0.3 is 11.9 Å². The number of piperidine rings is 1. The van der Waals surface area contributed by atoms with Gasteiger partial charge < -0.3 is 29.0 Å². The molecule has 14 nitrogen and oxygen atoms in total. The standard InChI is InChI=1S/C39H56N6O8S/c1-26(2)35(41-25-34(46)53-39(3,4)5)37(48)52-29-16-20-44(21-17-29)36(47)27-11-13-28(14-12-27)42-38-40-19-15-33(43-38)45-22-18-30-31(45)9-7-10-32(30)51-23-8-24-54(6,49)50/h7,9-10,15,18-19,22,26-29,35,41H,8,11-14,16-17,20-21,23-25H2,1-6H3,(H,40,42,43)/t27?,28?,35-/m1/s1. The van der Waals surface area contributed by atoms with Crippen LogP contribution in [0.25, 0.3) is 16.7 Å². The molecule has 0 spiro atoms. The minimum atomic E-state index is -3.04. The largest absolute Gasteiger partial charge is 0.493 e. The molecule has 296 valence electrons. The molecule has 1 aliphatic carbocycles. The molecule has 2 fully saturated rings. The average Bonchev–Trinajstić information content (AvgIpc) is 3.54. The van der Waals surface area contributed by atoms with E-state index in [1.807, 2.05) is 59.8 Å². The molecule has 3 aromatic rings. The van der Waals surface area contributed by atoms with Crippen LogP contribution in [0.2, 0.25) is 0 Å². The minimum Gasteiger partial charge on any atom is -0.493 e. The number of esters is 2. The van der Waals surface area contributed by atoms with Crippen LogP contribution >= 0.6 is 0 Å². The smallest absolute Gasteiger partial charge is 0.323 e. The van der Waals surface area contributed by atoms with Crippen molar-refractivity contribution in [3.05, 3.63) is 42.7 Å². The van der Waals surface area contributed by atoms with E-state index in [1.54, 1.807) is 27.0 Å². The number of benzene rings is 1. The summed E-state index contributed by atoms with van der Waals surface area (Å²) >= 11 is 0. The Balaban J connectivity index is 1.07. The third kappa shape index (κ3) is 11.6. The van der Waals surface area contributed by atoms with Crippen LogP contribution in [0.1, 0.15) is 79.6 Å². The second-order valence-corrected chi connectivity index (χ2v) is 18.0. The van der Waals surface area contributed by atoms with Gasteiger partial charge in [0.25, 0.3) is 0 Å². The fraction of sp³-hybridized carbons (Fsp3) is 0.615. The van der Waals surface area contributed by atoms with E-state index in [-0.39, 0.29) is 48.2 Å². The van der Waals surface area contributed by atoms with Crippen LogP contribution in [0, 0.1) is 11.8 Å². The second-order valence-electron chi connectivity index (χ2n) is 15.8. The predicted molar refractivity (Wildman–Crippen MR) is 206 cm³/mol. The molecule has 1 saturated carbocycles. The van der Waals surface area contributed by atoms with Crippen LogP contribution < -0.4 is 15.4 Å². The van der Waals surface area contributed by atoms with E-state index in [1.165, 1.54) is 6.26 Å². The summed E-state index contributed by atoms with van der Waals surface area (Å²) in [4.78, 5) is 49.9. The predicted octanol–water partition coefficient (Wildman–Crippen LogP) is 4.69. The van der Waals surface area contributed by atoms with Crippen molar-refractivity contribution in [1.82, 2.24) is 24.8 Å². The van der Waals surface area contributed by atoms with Crippen molar-refractivity contribution in [2.45, 2.75) is 103 Å². The summed E-state index contributed by atoms with van der Waals surface area (Å²) in [5, 5.41) is 7.39. The molecule has 1 saturated heterocycles. The molecule has 3 heterocycles. The molecule has 2 aliphatic rings. The average molecular weight is 769 g/mol. The molecule has 0 radical (unpaired) electrons. The van der Waals surface area contributed by atoms with Crippen molar-refractivity contribution in [1.29, 1.82) is 0 Å². The number of nitrogens with one attached hydrogen (secondary N) is 2. The van der Waals surface area contributed by atoms with Gasteiger partial charge in [-0.25, -0.2) is 13.4 Å². The number of sulfone groups is 1. The number of amides is 1. The van der Waals surface area contributed by atoms with Gasteiger partial charge in [-0.1, -0.05) is 19.9 Å². The number of anilines is 1. The van der Waals surface area contributed by atoms with Crippen molar-refractivity contribution in [3.63, 3.8) is 0 Å². The van der Waals surface area contributed by atoms with Crippen molar-refractivity contribution in [3.8, 4) is 11.6 Å². The van der Waals surface area contributed by atoms with Crippen LogP contribution in [0.3, 0.4) is 0 Å². The van der Waals surface area contributed by atoms with Gasteiger partial charge in [0.15, 0.2) is 0 Å². The Morgan fingerprint density at radius 1 is 1.00 bits per heavy atom. The van der Waals surface area contributed by atoms with Gasteiger partial charge in [0, 0.05) is 61.9 Å². The third-order valence-electron chi connectivity index (χ3n) is 9.75. The monoisotopic (exact) mass is 768 g/mol. The zero-order valence-corrected chi connectivity index (χ0v) is 33.2. The van der Waals surface area contributed by atoms with Gasteiger partial charge in [-0.3, -0.25) is 19.7 Å². The summed E-state index contributed by atoms with van der Waals surface area (Å²) < 4.78 is 42.0. The molecule has 2 N–H and O–H groups in total. The highest BCUT2D eigenvalue weighted by Gasteiger charge is 2.34. The van der Waals surface area contributed by atoms with E-state index in [0.717, 1.165) is 36.6 Å². The molecule has 0 unspecified atom stereocenters. The van der Waals surface area contributed by atoms with Crippen molar-refractivity contribution in [2.75, 3.05) is 43.6 Å². The Labute approximate surface area is 318 Å². The van der Waals surface area contributed by atoms with Gasteiger partial charge in [-0.15, -0.1) is 0 Å². The SMILES string of the molecule is CC(C)[C@@H](NCC(=O)OC(C)(C)C)C(=O)OC1CCN(C(=O)C2CCC(Nc3nccc(-n4ccc5c(OCCCS(C)(=O)=O)cccc54)n3)CC2)CC1. The number of hydrogen-bond donors (Lipinski definition) is 2. The van der Waals surface area contributed by atoms with Crippen LogP contribution in [0.15, 0.2) is 42.7 Å². The molecule has 5 rings (SSSR count). The van der Waals surface area contributed by atoms with Gasteiger partial charge in [0.1, 0.15) is 39.2 Å². The first-order chi connectivity index (χ1) is 25.6. The summed E-state index contributed by atoms with van der Waals surface area (Å²) in [6, 6.07) is 9.07. The lowest BCUT2D eigenvalue weighted by atomic mass is 9.85. The molecule has 54 heavy (non-hydrogen) atoms. The highest BCUT2D eigenvalue weighted by atomic mass is 32.2. The van der Waals surface area contributed by atoms with Crippen molar-refractivity contribution < 1.29 is 37.0 Å². The van der Waals surface area contributed by atoms with Gasteiger partial charge in [-0.2, -0.15) is 4.98 Å². The van der Waals surface area contributed by atoms with E-state index in [9.17, 15) is 22.8 Å². The van der Waals surface area contributed by atoms with Crippen molar-refractivity contribution >= 4 is 44.5 Å². The Morgan fingerprint density at radius 3 is 2.39 bits per heavy atom. The molecule has 15 heteroatoms. The number of nitrogens with zero attached hydrogens (tertiary/aromatic N) is 4. The lowest BCUT2D eigenvalue weighted by Gasteiger charge is -2.36. The first-order valence-electron chi connectivity index (χ1n) is 19.0. The highest BCUT2D eigenvalue weighted by Crippen LogP contribution is 2.31. The molecule has 1 atom stereocenters. The maximum Gasteiger partial charge on any atom is 0.323 e. The van der Waals surface area contributed by atoms with Crippen LogP contribution in [0.4, 0.5) is 5.95 Å². The molecular weight excluding hydrogens is 713 g/mol. The van der Waals surface area contributed by atoms with E-state index in [0.29, 0.717) is 56.5 Å². The summed E-state index contributed by atoms with van der Waals surface area (Å²) in [6.45, 7) is 10.5. The molecule has 1 aromatic carbocycles. The third-order valence-corrected chi connectivity index (χ3v) is 10.8. The second kappa shape index (κ2) is 17.9. The number of ether oxygens (including phenoxy) is 3. The number of rotatable bonds is 15. The Bertz CT molecular complexity index is 1860. The topological polar surface area (TPSA) is 171 Å². The quantitative estimate of drug-likeness (QED) is 0.162. The van der Waals surface area contributed by atoms with E-state index in [2.05, 4.69) is 15.6 Å². The van der Waals surface area contributed by atoms with Gasteiger partial charge in [0.05, 0.1) is 24.4 Å². The maximum atomic E-state index is 13.5. The fourth-order valence-electron chi connectivity index (χ4n) is 7.04. The zero-order valence-electron chi connectivity index (χ0n) is 32.4. The first-order valence-corrected chi connectivity index (χ1v) is 21.1. The van der Waals surface area contributed by atoms with Crippen LogP contribution in [-0.4, -0.2) is 108 Å². The zero-order chi connectivity index (χ0) is 39.0.